The van der Waals surface area contributed by atoms with E-state index >= 15 is 0 Å². The molecule has 2 atom stereocenters. The van der Waals surface area contributed by atoms with Gasteiger partial charge in [0.2, 0.25) is 40.7 Å². The molecule has 115 heavy (non-hydrogen) atoms. The quantitative estimate of drug-likeness (QED) is 0.0127. The van der Waals surface area contributed by atoms with Gasteiger partial charge >= 0.3 is 23.9 Å². The predicted molar refractivity (Wildman–Crippen MR) is 452 cm³/mol. The molecule has 0 spiro atoms. The summed E-state index contributed by atoms with van der Waals surface area (Å²) in [6, 6.07) is 17.8. The summed E-state index contributed by atoms with van der Waals surface area (Å²) >= 11 is 7.29. The number of hydrogen-bond acceptors (Lipinski definition) is 28. The molecule has 0 unspecified atom stereocenters. The Morgan fingerprint density at radius 1 is 0.530 bits per heavy atom. The Bertz CT molecular complexity index is 4390. The van der Waals surface area contributed by atoms with Gasteiger partial charge in [0.1, 0.15) is 54.7 Å². The highest BCUT2D eigenvalue weighted by Crippen LogP contribution is 2.40. The molecule has 0 saturated carbocycles. The summed E-state index contributed by atoms with van der Waals surface area (Å²) in [4.78, 5) is 158. The average molecular weight is 2050 g/mol. The number of phenols is 4. The average Bonchev–Trinajstić information content (AvgIpc) is 1.65. The molecule has 2 fully saturated rings. The maximum atomic E-state index is 14.4. The fourth-order valence-corrected chi connectivity index (χ4v) is 14.4. The van der Waals surface area contributed by atoms with Crippen LogP contribution in [0.5, 0.6) is 23.0 Å². The Hall–Kier alpha value is -8.30. The van der Waals surface area contributed by atoms with Crippen molar-refractivity contribution < 1.29 is 88.0 Å². The van der Waals surface area contributed by atoms with Crippen LogP contribution >= 0.6 is 91.5 Å². The van der Waals surface area contributed by atoms with Gasteiger partial charge in [-0.25, -0.2) is 26.8 Å². The Kier molecular flexibility index (Phi) is 35.5. The SMILES string of the molecule is CCNC(=O)c1nnc(-c2cc(C(C)C)c(O)cc2O)n1-c1ccc(CN2CCN(C(=O)CCNC(=O)[C@@H](CCC(=O)N3CCN(Cc4ccc(-n5c(C(=O)NCC)nnc5-c5cc(C(C)C)c(O)cc5O)cc4)CC3)NC(=O)CC[C@H](C(=O)ON(OC(=O)CN(C)I)OC(=O)CN(I)CC)N(I)CCN(I)CC(=O)O)CC2)cc1. The molecular weight excluding hydrogens is 1950 g/mol. The first kappa shape index (κ1) is 92.2. The summed E-state index contributed by atoms with van der Waals surface area (Å²) < 4.78 is 8.92. The van der Waals surface area contributed by atoms with Gasteiger partial charge in [0.05, 0.1) is 11.1 Å². The maximum absolute atomic E-state index is 14.4. The number of hydrogen-bond donors (Lipinski definition) is 9. The van der Waals surface area contributed by atoms with Gasteiger partial charge in [-0.15, -0.1) is 20.4 Å². The number of piperazine rings is 2. The molecule has 624 valence electrons. The lowest BCUT2D eigenvalue weighted by Gasteiger charge is -2.35. The van der Waals surface area contributed by atoms with Crippen LogP contribution in [-0.2, 0) is 66.0 Å². The smallest absolute Gasteiger partial charge is 0.350 e. The highest BCUT2D eigenvalue weighted by Gasteiger charge is 2.36. The number of phenolic OH excluding ortho intramolecular Hbond substituents is 4. The zero-order valence-corrected chi connectivity index (χ0v) is 73.6. The van der Waals surface area contributed by atoms with Crippen LogP contribution in [0.1, 0.15) is 136 Å². The van der Waals surface area contributed by atoms with E-state index in [-0.39, 0.29) is 151 Å². The van der Waals surface area contributed by atoms with Crippen LogP contribution < -0.4 is 21.3 Å². The summed E-state index contributed by atoms with van der Waals surface area (Å²) in [5.74, 6) is -7.71. The Morgan fingerprint density at radius 2 is 0.991 bits per heavy atom. The summed E-state index contributed by atoms with van der Waals surface area (Å²) in [5, 5.41) is 80.8. The van der Waals surface area contributed by atoms with Crippen LogP contribution in [0.2, 0.25) is 0 Å². The van der Waals surface area contributed by atoms with Crippen LogP contribution in [-0.4, -0.2) is 282 Å². The number of nitrogens with zero attached hydrogens (tertiary/aromatic N) is 15. The third-order valence-electron chi connectivity index (χ3n) is 18.6. The lowest BCUT2D eigenvalue weighted by molar-refractivity contribution is -0.464. The molecule has 0 radical (unpaired) electrons. The molecule has 2 aliphatic rings. The molecule has 4 aromatic carbocycles. The number of carboxylic acid groups (broad SMARTS) is 1. The standard InChI is InChI=1S/C74H97I4N19O18/c1-9-79-72(110)69-85-83-67(53-36-51(45(4)5)57(98)38-59(53)100)95(69)49-16-12-47(13-17-49)40-88-26-30-90(31-27-88)62(103)23-20-55(82-61(102)22-21-56(94(78)35-34-93(77)42-64(105)106)74(112)115-97(113-65(107)43-87(8)75)114-66(108)44-92(76)11-3)71(109)81-25-24-63(104)91-32-28-89(29-33-91)41-48-14-18-50(19-15-48)96-68(84-86-70(96)73(111)80-10-2)54-37-52(46(6)7)58(99)39-60(54)101/h12-19,36-39,45-46,55-56,98-101H,9-11,20-35,40-44H2,1-8H3,(H,79,110)(H,80,111)(H,81,109)(H,82,102)(H,105,106)/t55-,56-/m1/s1. The van der Waals surface area contributed by atoms with Crippen LogP contribution in [0.4, 0.5) is 0 Å². The zero-order valence-electron chi connectivity index (χ0n) is 65.0. The number of benzene rings is 4. The maximum Gasteiger partial charge on any atom is 0.350 e. The van der Waals surface area contributed by atoms with E-state index in [2.05, 4.69) is 51.5 Å². The van der Waals surface area contributed by atoms with Crippen LogP contribution in [0.25, 0.3) is 34.2 Å². The lowest BCUT2D eigenvalue weighted by atomic mass is 9.98. The Morgan fingerprint density at radius 3 is 1.43 bits per heavy atom. The van der Waals surface area contributed by atoms with Crippen molar-refractivity contribution in [2.75, 3.05) is 118 Å². The number of rotatable bonds is 40. The van der Waals surface area contributed by atoms with E-state index < -0.39 is 66.0 Å². The first-order valence-electron chi connectivity index (χ1n) is 37.4. The number of amides is 6. The first-order chi connectivity index (χ1) is 54.7. The number of aliphatic carboxylic acids is 1. The van der Waals surface area contributed by atoms with E-state index in [1.165, 1.54) is 21.5 Å². The molecular formula is C74H97I4N19O18. The number of carbonyl (C=O) groups is 10. The minimum atomic E-state index is -1.38. The monoisotopic (exact) mass is 2050 g/mol. The second-order valence-electron chi connectivity index (χ2n) is 27.8. The topological polar surface area (TPSA) is 438 Å². The fraction of sp³-hybridized carbons (Fsp3) is 0.486. The largest absolute Gasteiger partial charge is 0.508 e. The van der Waals surface area contributed by atoms with Crippen molar-refractivity contribution in [2.45, 2.75) is 118 Å². The van der Waals surface area contributed by atoms with Crippen molar-refractivity contribution in [1.29, 1.82) is 0 Å². The highest BCUT2D eigenvalue weighted by molar-refractivity contribution is 14.1. The number of halogens is 4. The van der Waals surface area contributed by atoms with Gasteiger partial charge < -0.3 is 56.6 Å². The lowest BCUT2D eigenvalue weighted by Crippen LogP contribution is -2.51. The van der Waals surface area contributed by atoms with Crippen LogP contribution in [0.15, 0.2) is 72.8 Å². The van der Waals surface area contributed by atoms with Crippen molar-refractivity contribution in [3.63, 3.8) is 0 Å². The number of aromatic nitrogens is 6. The second kappa shape index (κ2) is 44.3. The van der Waals surface area contributed by atoms with Crippen molar-refractivity contribution >= 4 is 151 Å². The number of nitrogens with one attached hydrogen (secondary N) is 4. The van der Waals surface area contributed by atoms with Crippen LogP contribution in [0, 0.1) is 0 Å². The van der Waals surface area contributed by atoms with Crippen molar-refractivity contribution in [1.82, 2.24) is 88.2 Å². The molecule has 4 heterocycles. The van der Waals surface area contributed by atoms with Crippen molar-refractivity contribution in [3.05, 3.63) is 107 Å². The predicted octanol–water partition coefficient (Wildman–Crippen LogP) is 5.68. The minimum absolute atomic E-state index is 0.00671. The Labute approximate surface area is 720 Å². The van der Waals surface area contributed by atoms with E-state index in [1.54, 1.807) is 97.0 Å². The van der Waals surface area contributed by atoms with Gasteiger partial charge in [0.25, 0.3) is 11.8 Å². The summed E-state index contributed by atoms with van der Waals surface area (Å²) in [6.45, 7) is 17.2. The molecule has 41 heteroatoms. The molecule has 37 nitrogen and oxygen atoms in total. The zero-order chi connectivity index (χ0) is 83.9. The molecule has 6 aromatic rings. The number of likely N-dealkylation sites (N-methyl/N-ethyl adjacent to an activating group) is 2. The fourth-order valence-electron chi connectivity index (χ4n) is 12.6. The Balaban J connectivity index is 0.927. The van der Waals surface area contributed by atoms with Gasteiger partial charge in [-0.1, -0.05) is 58.9 Å². The third-order valence-corrected chi connectivity index (χ3v) is 22.0. The van der Waals surface area contributed by atoms with Gasteiger partial charge in [-0.3, -0.25) is 67.0 Å². The van der Waals surface area contributed by atoms with E-state index in [1.807, 2.05) is 133 Å². The van der Waals surface area contributed by atoms with Crippen molar-refractivity contribution in [3.8, 4) is 57.1 Å². The van der Waals surface area contributed by atoms with E-state index in [0.29, 0.717) is 108 Å². The minimum Gasteiger partial charge on any atom is -0.508 e. The number of carboxylic acids is 1. The number of carbonyl (C=O) groups excluding carboxylic acids is 9. The molecule has 2 aliphatic heterocycles. The van der Waals surface area contributed by atoms with E-state index in [9.17, 15) is 73.5 Å². The molecule has 2 saturated heterocycles. The molecule has 6 amide bonds. The summed E-state index contributed by atoms with van der Waals surface area (Å²) in [6.07, 6.45) is -1.28. The molecule has 9 N–H and O–H groups in total. The molecule has 0 bridgehead atoms. The summed E-state index contributed by atoms with van der Waals surface area (Å²) in [7, 11) is 1.56. The summed E-state index contributed by atoms with van der Waals surface area (Å²) in [5.41, 5.74) is 4.57. The highest BCUT2D eigenvalue weighted by atomic mass is 127. The van der Waals surface area contributed by atoms with Crippen molar-refractivity contribution in [2.24, 2.45) is 0 Å². The van der Waals surface area contributed by atoms with Crippen LogP contribution in [0.3, 0.4) is 0 Å². The van der Waals surface area contributed by atoms with E-state index in [0.717, 1.165) is 11.1 Å². The number of aromatic hydroxyl groups is 4. The normalized spacial score (nSPS) is 14.0. The van der Waals surface area contributed by atoms with Gasteiger partial charge in [-0.05, 0) is 104 Å². The molecule has 2 aromatic heterocycles. The molecule has 8 rings (SSSR count). The molecule has 0 aliphatic carbocycles. The van der Waals surface area contributed by atoms with Gasteiger partial charge in [0, 0.05) is 239 Å². The first-order valence-corrected chi connectivity index (χ1v) is 41.2. The van der Waals surface area contributed by atoms with Gasteiger partial charge in [-0.2, -0.15) is 0 Å². The van der Waals surface area contributed by atoms with Gasteiger partial charge in [0.15, 0.2) is 11.6 Å². The third kappa shape index (κ3) is 26.6. The van der Waals surface area contributed by atoms with E-state index in [4.69, 9.17) is 14.5 Å². The second-order valence-corrected chi connectivity index (χ2v) is 33.4.